The number of hydrogen-bond donors (Lipinski definition) is 0. The van der Waals surface area contributed by atoms with E-state index in [9.17, 15) is 51.9 Å². The van der Waals surface area contributed by atoms with E-state index in [-0.39, 0.29) is 7.43 Å². The van der Waals surface area contributed by atoms with Gasteiger partial charge in [0, 0.05) is 0 Å². The molecule has 0 aromatic heterocycles. The molecule has 0 spiro atoms. The molecule has 14 nitrogen and oxygen atoms in total. The quantitative estimate of drug-likeness (QED) is 0.340. The van der Waals surface area contributed by atoms with Crippen molar-refractivity contribution < 1.29 is 59.1 Å². The molecule has 0 radical (unpaired) electrons. The van der Waals surface area contributed by atoms with Crippen molar-refractivity contribution in [3.63, 3.8) is 0 Å². The number of rotatable bonds is 4. The fourth-order valence-corrected chi connectivity index (χ4v) is 1.84. The van der Waals surface area contributed by atoms with Gasteiger partial charge in [0.25, 0.3) is 0 Å². The van der Waals surface area contributed by atoms with Crippen LogP contribution in [0.3, 0.4) is 0 Å². The molecule has 0 aliphatic rings. The van der Waals surface area contributed by atoms with E-state index in [4.69, 9.17) is 0 Å². The van der Waals surface area contributed by atoms with E-state index in [2.05, 4.69) is 7.26 Å². The fraction of sp³-hybridized carbons (Fsp3) is 0. The van der Waals surface area contributed by atoms with E-state index in [1.54, 1.807) is 0 Å². The predicted octanol–water partition coefficient (Wildman–Crippen LogP) is -4.07. The summed E-state index contributed by atoms with van der Waals surface area (Å²) < 4.78 is 116. The number of hydrogen-bond acceptors (Lipinski definition) is 14. The van der Waals surface area contributed by atoms with Crippen LogP contribution in [0.4, 0.5) is 0 Å². The summed E-state index contributed by atoms with van der Waals surface area (Å²) in [5.74, 6) is 0. The molecule has 0 aliphatic carbocycles. The van der Waals surface area contributed by atoms with E-state index in [0.717, 1.165) is 0 Å². The van der Waals surface area contributed by atoms with Crippen LogP contribution in [0.2, 0.25) is 0 Å². The zero-order valence-electron chi connectivity index (χ0n) is 7.85. The molecule has 0 atom stereocenters. The molecule has 18 heteroatoms. The van der Waals surface area contributed by atoms with Gasteiger partial charge in [0.2, 0.25) is 41.6 Å². The standard InChI is InChI=1S/C.2H2O7S2/c;2*1-8(2,3)7-9(4,5)6/h;2*(H,1,2,3)(H,4,5,6)/q+4;;/p-4. The SMILES string of the molecule is O=S(=O)([O-])OS(=O)(=O)[O-].O=S(=O)([O-])OS(=O)(=O)[O-].[C+4]. The van der Waals surface area contributed by atoms with Gasteiger partial charge < -0.3 is 18.2 Å². The first-order valence-electron chi connectivity index (χ1n) is 2.67. The fourth-order valence-electron chi connectivity index (χ4n) is 0.204. The summed E-state index contributed by atoms with van der Waals surface area (Å²) in [5, 5.41) is 0. The predicted molar refractivity (Wildman–Crippen MR) is 44.2 cm³/mol. The van der Waals surface area contributed by atoms with Crippen molar-refractivity contribution in [1.29, 1.82) is 0 Å². The van der Waals surface area contributed by atoms with Crippen molar-refractivity contribution in [1.82, 2.24) is 0 Å². The summed E-state index contributed by atoms with van der Waals surface area (Å²) >= 11 is 0. The normalized spacial score (nSPS) is 12.8. The van der Waals surface area contributed by atoms with Crippen LogP contribution in [0.1, 0.15) is 0 Å². The molecule has 0 bridgehead atoms. The van der Waals surface area contributed by atoms with Crippen LogP contribution >= 0.6 is 0 Å². The maximum Gasteiger partial charge on any atom is 4.00 e. The summed E-state index contributed by atoms with van der Waals surface area (Å²) in [7, 11) is -21.7. The van der Waals surface area contributed by atoms with E-state index >= 15 is 0 Å². The summed E-state index contributed by atoms with van der Waals surface area (Å²) in [6.07, 6.45) is 0. The van der Waals surface area contributed by atoms with Gasteiger partial charge in [-0.25, -0.2) is 33.7 Å². The second-order valence-electron chi connectivity index (χ2n) is 1.77. The molecule has 0 N–H and O–H groups in total. The Hall–Kier alpha value is -0.440. The maximum absolute atomic E-state index is 9.29. The molecular formula is CO14S4. The molecule has 0 rings (SSSR count). The van der Waals surface area contributed by atoms with Crippen LogP contribution in [0.15, 0.2) is 0 Å². The van der Waals surface area contributed by atoms with Crippen LogP contribution < -0.4 is 0 Å². The first kappa shape index (κ1) is 23.6. The van der Waals surface area contributed by atoms with Gasteiger partial charge in [0.05, 0.1) is 0 Å². The third-order valence-electron chi connectivity index (χ3n) is 0.333. The Morgan fingerprint density at radius 1 is 0.474 bits per heavy atom. The summed E-state index contributed by atoms with van der Waals surface area (Å²) in [5.41, 5.74) is 0. The monoisotopic (exact) mass is 364 g/mol. The van der Waals surface area contributed by atoms with Gasteiger partial charge in [-0.2, -0.15) is 7.26 Å². The molecule has 19 heavy (non-hydrogen) atoms. The molecule has 0 saturated heterocycles. The average Bonchev–Trinajstić information content (AvgIpc) is 1.64. The summed E-state index contributed by atoms with van der Waals surface area (Å²) in [4.78, 5) is 0. The third kappa shape index (κ3) is 31.8. The molecule has 0 unspecified atom stereocenters. The van der Waals surface area contributed by atoms with Gasteiger partial charge in [-0.3, -0.25) is 0 Å². The average molecular weight is 364 g/mol. The topological polar surface area (TPSA) is 247 Å². The van der Waals surface area contributed by atoms with Crippen LogP contribution in [0, 0.1) is 7.43 Å². The second-order valence-corrected chi connectivity index (χ2v) is 6.12. The van der Waals surface area contributed by atoms with Gasteiger partial charge in [-0.15, -0.1) is 0 Å². The van der Waals surface area contributed by atoms with Crippen molar-refractivity contribution in [2.75, 3.05) is 0 Å². The third-order valence-corrected chi connectivity index (χ3v) is 3.00. The van der Waals surface area contributed by atoms with Gasteiger partial charge in [0.15, 0.2) is 0 Å². The molecule has 0 heterocycles. The van der Waals surface area contributed by atoms with Gasteiger partial charge in [-0.05, 0) is 0 Å². The van der Waals surface area contributed by atoms with E-state index in [1.807, 2.05) is 0 Å². The van der Waals surface area contributed by atoms with E-state index in [0.29, 0.717) is 0 Å². The minimum atomic E-state index is -5.43. The molecule has 0 fully saturated rings. The van der Waals surface area contributed by atoms with Crippen LogP contribution in [-0.2, 0) is 48.9 Å². The minimum absolute atomic E-state index is 0. The van der Waals surface area contributed by atoms with Crippen molar-refractivity contribution in [3.8, 4) is 0 Å². The van der Waals surface area contributed by atoms with Gasteiger partial charge >= 0.3 is 7.43 Å². The summed E-state index contributed by atoms with van der Waals surface area (Å²) in [6.45, 7) is 0. The summed E-state index contributed by atoms with van der Waals surface area (Å²) in [6, 6.07) is 0. The largest absolute Gasteiger partial charge is 4.00 e. The van der Waals surface area contributed by atoms with Crippen molar-refractivity contribution in [3.05, 3.63) is 7.43 Å². The molecular weight excluding hydrogens is 364 g/mol. The first-order valence-corrected chi connectivity index (χ1v) is 8.00. The zero-order chi connectivity index (χ0) is 15.4. The van der Waals surface area contributed by atoms with Gasteiger partial charge in [-0.1, -0.05) is 0 Å². The first-order chi connectivity index (χ1) is 7.41. The minimum Gasteiger partial charge on any atom is -0.725 e. The maximum atomic E-state index is 9.29. The molecule has 0 aromatic rings. The van der Waals surface area contributed by atoms with E-state index in [1.165, 1.54) is 0 Å². The molecule has 112 valence electrons. The van der Waals surface area contributed by atoms with E-state index < -0.39 is 41.6 Å². The second kappa shape index (κ2) is 7.37. The van der Waals surface area contributed by atoms with Crippen molar-refractivity contribution >= 4 is 41.6 Å². The zero-order valence-corrected chi connectivity index (χ0v) is 11.1. The Balaban J connectivity index is -0.000000256. The van der Waals surface area contributed by atoms with Crippen LogP contribution in [-0.4, -0.2) is 51.9 Å². The Bertz CT molecular complexity index is 532. The van der Waals surface area contributed by atoms with Gasteiger partial charge in [0.1, 0.15) is 0 Å². The Labute approximate surface area is 108 Å². The molecule has 0 aromatic carbocycles. The Morgan fingerprint density at radius 3 is 0.579 bits per heavy atom. The molecule has 0 saturated carbocycles. The Morgan fingerprint density at radius 2 is 0.579 bits per heavy atom. The molecule has 0 aliphatic heterocycles. The molecule has 0 amide bonds. The van der Waals surface area contributed by atoms with Crippen LogP contribution in [0.25, 0.3) is 0 Å². The van der Waals surface area contributed by atoms with Crippen molar-refractivity contribution in [2.24, 2.45) is 0 Å². The van der Waals surface area contributed by atoms with Crippen molar-refractivity contribution in [2.45, 2.75) is 0 Å². The van der Waals surface area contributed by atoms with Crippen LogP contribution in [0.5, 0.6) is 0 Å². The Kier molecular flexibility index (Phi) is 9.17. The smallest absolute Gasteiger partial charge is 0.725 e.